The molecule has 1 amide bonds. The molecule has 0 bridgehead atoms. The van der Waals surface area contributed by atoms with Gasteiger partial charge < -0.3 is 14.4 Å². The molecular formula is C18H20FN3O2. The number of anilines is 2. The van der Waals surface area contributed by atoms with Crippen molar-refractivity contribution in [3.8, 4) is 0 Å². The number of hydrogen-bond acceptors (Lipinski definition) is 3. The lowest BCUT2D eigenvalue weighted by Crippen LogP contribution is -2.44. The fraction of sp³-hybridized carbons (Fsp3) is 0.333. The number of aromatic nitrogens is 1. The molecular weight excluding hydrogens is 309 g/mol. The number of aryl methyl sites for hydroxylation is 1. The first kappa shape index (κ1) is 16.2. The molecule has 0 aliphatic carbocycles. The summed E-state index contributed by atoms with van der Waals surface area (Å²) in [5.41, 5.74) is 1.68. The lowest BCUT2D eigenvalue weighted by Gasteiger charge is -2.37. The Balaban J connectivity index is 2.00. The number of hydrogen-bond donors (Lipinski definition) is 0. The zero-order valence-electron chi connectivity index (χ0n) is 13.8. The zero-order valence-corrected chi connectivity index (χ0v) is 13.8. The molecule has 24 heavy (non-hydrogen) atoms. The highest BCUT2D eigenvalue weighted by molar-refractivity contribution is 6.08. The van der Waals surface area contributed by atoms with E-state index in [1.807, 2.05) is 0 Å². The second-order valence-electron chi connectivity index (χ2n) is 5.94. The predicted octanol–water partition coefficient (Wildman–Crippen LogP) is 2.40. The van der Waals surface area contributed by atoms with Crippen LogP contribution in [0.3, 0.4) is 0 Å². The molecule has 0 saturated heterocycles. The summed E-state index contributed by atoms with van der Waals surface area (Å²) >= 11 is 0. The largest absolute Gasteiger partial charge is 0.368 e. The summed E-state index contributed by atoms with van der Waals surface area (Å²) in [6, 6.07) is 7.42. The van der Waals surface area contributed by atoms with E-state index in [2.05, 4.69) is 11.8 Å². The van der Waals surface area contributed by atoms with Crippen molar-refractivity contribution in [2.24, 2.45) is 7.05 Å². The van der Waals surface area contributed by atoms with Gasteiger partial charge in [-0.05, 0) is 30.7 Å². The van der Waals surface area contributed by atoms with Crippen molar-refractivity contribution in [2.75, 3.05) is 29.4 Å². The first-order valence-electron chi connectivity index (χ1n) is 8.04. The van der Waals surface area contributed by atoms with E-state index in [4.69, 9.17) is 0 Å². The molecule has 2 heterocycles. The molecule has 1 aliphatic heterocycles. The molecule has 1 aromatic heterocycles. The molecule has 0 radical (unpaired) electrons. The second kappa shape index (κ2) is 6.47. The van der Waals surface area contributed by atoms with Crippen LogP contribution >= 0.6 is 0 Å². The molecule has 2 aromatic rings. The standard InChI is InChI=1S/C18H20FN3O2/c1-3-8-21-9-10-22(16-11-14(19)5-6-15(16)21)18(24)13-4-7-17(23)20(2)12-13/h4-7,11-12H,3,8-10H2,1-2H3. The van der Waals surface area contributed by atoms with Gasteiger partial charge in [-0.25, -0.2) is 4.39 Å². The van der Waals surface area contributed by atoms with Gasteiger partial charge in [-0.1, -0.05) is 6.92 Å². The van der Waals surface area contributed by atoms with Gasteiger partial charge in [0.2, 0.25) is 5.56 Å². The average Bonchev–Trinajstić information content (AvgIpc) is 2.57. The number of rotatable bonds is 3. The maximum Gasteiger partial charge on any atom is 0.259 e. The predicted molar refractivity (Wildman–Crippen MR) is 92.3 cm³/mol. The Morgan fingerprint density at radius 3 is 2.67 bits per heavy atom. The molecule has 1 aromatic carbocycles. The third kappa shape index (κ3) is 2.91. The summed E-state index contributed by atoms with van der Waals surface area (Å²) in [6.45, 7) is 4.13. The van der Waals surface area contributed by atoms with Crippen molar-refractivity contribution in [2.45, 2.75) is 13.3 Å². The van der Waals surface area contributed by atoms with E-state index in [0.29, 0.717) is 24.3 Å². The fourth-order valence-corrected chi connectivity index (χ4v) is 3.03. The third-order valence-electron chi connectivity index (χ3n) is 4.23. The van der Waals surface area contributed by atoms with Crippen molar-refractivity contribution in [3.63, 3.8) is 0 Å². The molecule has 0 fully saturated rings. The van der Waals surface area contributed by atoms with Gasteiger partial charge in [0, 0.05) is 38.9 Å². The maximum absolute atomic E-state index is 13.8. The molecule has 1 aliphatic rings. The van der Waals surface area contributed by atoms with Crippen LogP contribution in [-0.4, -0.2) is 30.1 Å². The molecule has 5 nitrogen and oxygen atoms in total. The van der Waals surface area contributed by atoms with Crippen molar-refractivity contribution in [1.82, 2.24) is 4.57 Å². The fourth-order valence-electron chi connectivity index (χ4n) is 3.03. The Morgan fingerprint density at radius 2 is 1.96 bits per heavy atom. The van der Waals surface area contributed by atoms with Gasteiger partial charge >= 0.3 is 0 Å². The van der Waals surface area contributed by atoms with Gasteiger partial charge in [0.1, 0.15) is 5.82 Å². The Hall–Kier alpha value is -2.63. The Morgan fingerprint density at radius 1 is 1.17 bits per heavy atom. The molecule has 126 valence electrons. The van der Waals surface area contributed by atoms with E-state index in [1.165, 1.54) is 35.0 Å². The van der Waals surface area contributed by atoms with Crippen LogP contribution < -0.4 is 15.4 Å². The van der Waals surface area contributed by atoms with Gasteiger partial charge in [0.05, 0.1) is 16.9 Å². The quantitative estimate of drug-likeness (QED) is 0.869. The minimum atomic E-state index is -0.370. The van der Waals surface area contributed by atoms with E-state index in [0.717, 1.165) is 18.7 Å². The van der Waals surface area contributed by atoms with Crippen LogP contribution in [0.2, 0.25) is 0 Å². The van der Waals surface area contributed by atoms with E-state index in [9.17, 15) is 14.0 Å². The van der Waals surface area contributed by atoms with Gasteiger partial charge in [-0.3, -0.25) is 9.59 Å². The highest BCUT2D eigenvalue weighted by Crippen LogP contribution is 2.34. The minimum Gasteiger partial charge on any atom is -0.368 e. The Kier molecular flexibility index (Phi) is 4.38. The van der Waals surface area contributed by atoms with E-state index < -0.39 is 0 Å². The summed E-state index contributed by atoms with van der Waals surface area (Å²) < 4.78 is 15.1. The lowest BCUT2D eigenvalue weighted by molar-refractivity contribution is 0.0986. The van der Waals surface area contributed by atoms with Crippen LogP contribution in [0.1, 0.15) is 23.7 Å². The molecule has 6 heteroatoms. The smallest absolute Gasteiger partial charge is 0.259 e. The molecule has 0 N–H and O–H groups in total. The summed E-state index contributed by atoms with van der Waals surface area (Å²) in [5.74, 6) is -0.598. The lowest BCUT2D eigenvalue weighted by atomic mass is 10.1. The van der Waals surface area contributed by atoms with E-state index >= 15 is 0 Å². The molecule has 0 atom stereocenters. The summed E-state index contributed by atoms with van der Waals surface area (Å²) in [6.07, 6.45) is 2.49. The topological polar surface area (TPSA) is 45.6 Å². The highest BCUT2D eigenvalue weighted by Gasteiger charge is 2.27. The monoisotopic (exact) mass is 329 g/mol. The van der Waals surface area contributed by atoms with Gasteiger partial charge in [0.25, 0.3) is 5.91 Å². The van der Waals surface area contributed by atoms with Crippen molar-refractivity contribution in [1.29, 1.82) is 0 Å². The van der Waals surface area contributed by atoms with Crippen LogP contribution in [0, 0.1) is 5.82 Å². The van der Waals surface area contributed by atoms with Crippen molar-refractivity contribution >= 4 is 17.3 Å². The van der Waals surface area contributed by atoms with E-state index in [-0.39, 0.29) is 17.3 Å². The SMILES string of the molecule is CCCN1CCN(C(=O)c2ccc(=O)n(C)c2)c2cc(F)ccc21. The minimum absolute atomic E-state index is 0.175. The third-order valence-corrected chi connectivity index (χ3v) is 4.23. The van der Waals surface area contributed by atoms with Crippen molar-refractivity contribution in [3.05, 3.63) is 58.3 Å². The number of carbonyl (C=O) groups excluding carboxylic acids is 1. The van der Waals surface area contributed by atoms with Crippen LogP contribution in [0.4, 0.5) is 15.8 Å². The number of benzene rings is 1. The Labute approximate surface area is 139 Å². The van der Waals surface area contributed by atoms with Crippen LogP contribution in [0.25, 0.3) is 0 Å². The maximum atomic E-state index is 13.8. The zero-order chi connectivity index (χ0) is 17.3. The first-order valence-corrected chi connectivity index (χ1v) is 8.04. The number of halogens is 1. The number of carbonyl (C=O) groups is 1. The average molecular weight is 329 g/mol. The number of fused-ring (bicyclic) bond motifs is 1. The van der Waals surface area contributed by atoms with Gasteiger partial charge in [0.15, 0.2) is 0 Å². The van der Waals surface area contributed by atoms with Crippen LogP contribution in [-0.2, 0) is 7.05 Å². The molecule has 3 rings (SSSR count). The second-order valence-corrected chi connectivity index (χ2v) is 5.94. The number of pyridine rings is 1. The van der Waals surface area contributed by atoms with Crippen LogP contribution in [0.15, 0.2) is 41.3 Å². The summed E-state index contributed by atoms with van der Waals surface area (Å²) in [7, 11) is 1.60. The molecule has 0 saturated carbocycles. The Bertz CT molecular complexity index is 831. The normalized spacial score (nSPS) is 13.8. The van der Waals surface area contributed by atoms with E-state index in [1.54, 1.807) is 18.0 Å². The number of nitrogens with zero attached hydrogens (tertiary/aromatic N) is 3. The van der Waals surface area contributed by atoms with Crippen LogP contribution in [0.5, 0.6) is 0 Å². The van der Waals surface area contributed by atoms with Crippen molar-refractivity contribution < 1.29 is 9.18 Å². The molecule has 0 unspecified atom stereocenters. The summed E-state index contributed by atoms with van der Waals surface area (Å²) in [5, 5.41) is 0. The first-order chi connectivity index (χ1) is 11.5. The summed E-state index contributed by atoms with van der Waals surface area (Å²) in [4.78, 5) is 28.1. The molecule has 0 spiro atoms. The highest BCUT2D eigenvalue weighted by atomic mass is 19.1. The van der Waals surface area contributed by atoms with Gasteiger partial charge in [-0.15, -0.1) is 0 Å². The number of amides is 1. The van der Waals surface area contributed by atoms with Gasteiger partial charge in [-0.2, -0.15) is 0 Å².